The van der Waals surface area contributed by atoms with Gasteiger partial charge in [-0.3, -0.25) is 9.59 Å². The van der Waals surface area contributed by atoms with Crippen LogP contribution < -0.4 is 16.4 Å². The Morgan fingerprint density at radius 1 is 1.30 bits per heavy atom. The van der Waals surface area contributed by atoms with E-state index in [2.05, 4.69) is 15.9 Å². The van der Waals surface area contributed by atoms with Gasteiger partial charge >= 0.3 is 0 Å². The fraction of sp³-hybridized carbons (Fsp3) is 0.286. The summed E-state index contributed by atoms with van der Waals surface area (Å²) in [6, 6.07) is 8.95. The van der Waals surface area contributed by atoms with E-state index in [0.717, 1.165) is 17.3 Å². The molecule has 1 aromatic heterocycles. The third-order valence-corrected chi connectivity index (χ3v) is 5.63. The lowest BCUT2D eigenvalue weighted by Crippen LogP contribution is -2.20. The molecule has 1 atom stereocenters. The predicted octanol–water partition coefficient (Wildman–Crippen LogP) is 2.48. The van der Waals surface area contributed by atoms with Crippen molar-refractivity contribution in [1.82, 2.24) is 4.98 Å². The van der Waals surface area contributed by atoms with Crippen molar-refractivity contribution in [2.45, 2.75) is 30.0 Å². The van der Waals surface area contributed by atoms with Gasteiger partial charge in [-0.1, -0.05) is 43.0 Å². The highest BCUT2D eigenvalue weighted by Crippen LogP contribution is 2.42. The van der Waals surface area contributed by atoms with E-state index in [1.807, 2.05) is 6.92 Å². The number of nitrogens with two attached hydrogens (primary N) is 2. The molecule has 0 aliphatic rings. The number of benzene rings is 1. The lowest BCUT2D eigenvalue weighted by atomic mass is 10.1. The minimum Gasteiger partial charge on any atom is -0.371 e. The van der Waals surface area contributed by atoms with Crippen LogP contribution in [0.1, 0.15) is 34.4 Å². The molecule has 4 N–H and O–H groups in total. The Morgan fingerprint density at radius 3 is 2.37 bits per heavy atom. The summed E-state index contributed by atoms with van der Waals surface area (Å²) in [6.07, 6.45) is 0.569. The van der Waals surface area contributed by atoms with Gasteiger partial charge in [-0.2, -0.15) is 5.26 Å². The maximum absolute atomic E-state index is 12.2. The molecule has 1 aromatic carbocycles. The van der Waals surface area contributed by atoms with E-state index in [9.17, 15) is 14.9 Å². The molecule has 0 saturated heterocycles. The zero-order valence-electron chi connectivity index (χ0n) is 17.0. The van der Waals surface area contributed by atoms with Gasteiger partial charge in [0.25, 0.3) is 0 Å². The second kappa shape index (κ2) is 9.77. The molecular formula is C21H22N6O2S. The maximum Gasteiger partial charge on any atom is 0.235 e. The zero-order valence-corrected chi connectivity index (χ0v) is 17.8. The molecule has 154 valence electrons. The zero-order chi connectivity index (χ0) is 22.4. The Kier molecular flexibility index (Phi) is 7.40. The molecule has 2 amide bonds. The van der Waals surface area contributed by atoms with Crippen LogP contribution in [0.5, 0.6) is 0 Å². The second-order valence-electron chi connectivity index (χ2n) is 6.70. The number of carbonyl (C=O) groups excluding carboxylic acids is 2. The fourth-order valence-corrected chi connectivity index (χ4v) is 4.03. The number of hydrogen-bond donors (Lipinski definition) is 2. The van der Waals surface area contributed by atoms with Crippen molar-refractivity contribution in [1.29, 1.82) is 5.26 Å². The van der Waals surface area contributed by atoms with E-state index in [0.29, 0.717) is 34.1 Å². The third kappa shape index (κ3) is 4.88. The topological polar surface area (TPSA) is 130 Å². The first kappa shape index (κ1) is 22.7. The Hall–Kier alpha value is -3.56. The molecule has 0 bridgehead atoms. The number of hydrogen-bond acceptors (Lipinski definition) is 6. The molecule has 0 aliphatic heterocycles. The molecule has 9 heteroatoms. The number of nitrogens with zero attached hydrogens (tertiary/aromatic N) is 4. The van der Waals surface area contributed by atoms with Crippen LogP contribution in [0.25, 0.3) is 4.85 Å². The highest BCUT2D eigenvalue weighted by Gasteiger charge is 2.26. The summed E-state index contributed by atoms with van der Waals surface area (Å²) in [5.41, 5.74) is 13.4. The van der Waals surface area contributed by atoms with Crippen molar-refractivity contribution >= 4 is 35.1 Å². The minimum atomic E-state index is -0.800. The smallest absolute Gasteiger partial charge is 0.235 e. The summed E-state index contributed by atoms with van der Waals surface area (Å²) in [4.78, 5) is 33.1. The first-order chi connectivity index (χ1) is 14.2. The molecule has 30 heavy (non-hydrogen) atoms. The first-order valence-corrected chi connectivity index (χ1v) is 9.96. The summed E-state index contributed by atoms with van der Waals surface area (Å²) in [6.45, 7) is 9.38. The number of aromatic nitrogens is 1. The summed E-state index contributed by atoms with van der Waals surface area (Å²) < 4.78 is 0. The SMILES string of the molecule is [C-]#[N+]c1c(N(C)C)nc(SC(C(N)=O)c2ccc(CC(N)=O)cc2)c(C#N)c1CC. The maximum atomic E-state index is 12.2. The number of nitriles is 1. The van der Waals surface area contributed by atoms with E-state index in [1.165, 1.54) is 0 Å². The molecule has 0 radical (unpaired) electrons. The van der Waals surface area contributed by atoms with Gasteiger partial charge in [-0.05, 0) is 23.1 Å². The quantitative estimate of drug-likeness (QED) is 0.496. The number of pyridine rings is 1. The number of rotatable bonds is 8. The van der Waals surface area contributed by atoms with Crippen molar-refractivity contribution in [3.63, 3.8) is 0 Å². The molecule has 8 nitrogen and oxygen atoms in total. The monoisotopic (exact) mass is 422 g/mol. The number of thioether (sulfide) groups is 1. The fourth-order valence-electron chi connectivity index (χ4n) is 2.98. The summed E-state index contributed by atoms with van der Waals surface area (Å²) in [5, 5.41) is 9.29. The van der Waals surface area contributed by atoms with Gasteiger partial charge < -0.3 is 16.4 Å². The summed E-state index contributed by atoms with van der Waals surface area (Å²) >= 11 is 1.07. The molecule has 1 unspecified atom stereocenters. The van der Waals surface area contributed by atoms with Crippen LogP contribution in [-0.2, 0) is 22.4 Å². The van der Waals surface area contributed by atoms with Gasteiger partial charge in [0.2, 0.25) is 17.5 Å². The summed E-state index contributed by atoms with van der Waals surface area (Å²) in [5.74, 6) is -0.606. The second-order valence-corrected chi connectivity index (χ2v) is 7.79. The highest BCUT2D eigenvalue weighted by molar-refractivity contribution is 8.00. The Morgan fingerprint density at radius 2 is 1.93 bits per heavy atom. The third-order valence-electron chi connectivity index (χ3n) is 4.37. The highest BCUT2D eigenvalue weighted by atomic mass is 32.2. The normalized spacial score (nSPS) is 11.2. The van der Waals surface area contributed by atoms with Gasteiger partial charge in [0.05, 0.1) is 18.6 Å². The van der Waals surface area contributed by atoms with Gasteiger partial charge in [-0.15, -0.1) is 0 Å². The molecule has 2 aromatic rings. The van der Waals surface area contributed by atoms with E-state index in [4.69, 9.17) is 18.0 Å². The molecular weight excluding hydrogens is 400 g/mol. The molecule has 2 rings (SSSR count). The Balaban J connectivity index is 2.55. The van der Waals surface area contributed by atoms with Gasteiger partial charge in [0.1, 0.15) is 22.2 Å². The van der Waals surface area contributed by atoms with Crippen molar-refractivity contribution in [3.8, 4) is 6.07 Å². The molecule has 0 spiro atoms. The predicted molar refractivity (Wildman–Crippen MR) is 116 cm³/mol. The largest absolute Gasteiger partial charge is 0.371 e. The molecule has 0 saturated carbocycles. The first-order valence-electron chi connectivity index (χ1n) is 9.08. The van der Waals surface area contributed by atoms with Gasteiger partial charge in [-0.25, -0.2) is 9.83 Å². The van der Waals surface area contributed by atoms with Crippen LogP contribution in [0, 0.1) is 17.9 Å². The van der Waals surface area contributed by atoms with Crippen LogP contribution in [0.3, 0.4) is 0 Å². The van der Waals surface area contributed by atoms with Crippen molar-refractivity contribution < 1.29 is 9.59 Å². The van der Waals surface area contributed by atoms with Gasteiger partial charge in [0.15, 0.2) is 0 Å². The Bertz CT molecular complexity index is 1050. The number of amides is 2. The van der Waals surface area contributed by atoms with Crippen LogP contribution >= 0.6 is 11.8 Å². The average molecular weight is 423 g/mol. The van der Waals surface area contributed by atoms with Crippen molar-refractivity contribution in [3.05, 3.63) is 57.9 Å². The number of carbonyl (C=O) groups is 2. The van der Waals surface area contributed by atoms with E-state index in [1.54, 1.807) is 43.3 Å². The molecule has 0 aliphatic carbocycles. The number of anilines is 1. The van der Waals surface area contributed by atoms with Crippen LogP contribution in [0.2, 0.25) is 0 Å². The van der Waals surface area contributed by atoms with Crippen LogP contribution in [0.4, 0.5) is 11.5 Å². The standard InChI is InChI=1S/C21H22N6O2S/c1-5-14-15(11-22)21(26-20(27(3)4)17(14)25-2)30-18(19(24)29)13-8-6-12(7-9-13)10-16(23)28/h6-9,18H,5,10H2,1,3-4H3,(H2,23,28)(H2,24,29). The van der Waals surface area contributed by atoms with Crippen LogP contribution in [0.15, 0.2) is 29.3 Å². The van der Waals surface area contributed by atoms with Crippen molar-refractivity contribution in [2.24, 2.45) is 11.5 Å². The van der Waals surface area contributed by atoms with E-state index >= 15 is 0 Å². The van der Waals surface area contributed by atoms with E-state index in [-0.39, 0.29) is 12.0 Å². The Labute approximate surface area is 179 Å². The number of primary amides is 2. The average Bonchev–Trinajstić information content (AvgIpc) is 2.70. The van der Waals surface area contributed by atoms with Gasteiger partial charge in [0, 0.05) is 14.1 Å². The van der Waals surface area contributed by atoms with Crippen molar-refractivity contribution in [2.75, 3.05) is 19.0 Å². The van der Waals surface area contributed by atoms with Crippen LogP contribution in [-0.4, -0.2) is 30.9 Å². The van der Waals surface area contributed by atoms with E-state index < -0.39 is 17.1 Å². The molecule has 0 fully saturated rings. The summed E-state index contributed by atoms with van der Waals surface area (Å²) in [7, 11) is 3.53. The minimum absolute atomic E-state index is 0.0962. The lowest BCUT2D eigenvalue weighted by molar-refractivity contribution is -0.118. The molecule has 1 heterocycles. The lowest BCUT2D eigenvalue weighted by Gasteiger charge is -2.20.